The largest absolute Gasteiger partial charge is 0.494 e. The standard InChI is InChI=1S/C29H29F4N5O2/c1-3-5-6-7-8-9-10-20-11-14-21(17-24(20)30)28(29(31,32)33)18-23(19-12-15-22(16-13-19)40-4-2)25(27(39)34-28)26-35-37-38-36-26/h11-17H,3-8,18H2,1-2H3,(H,34,39)(H,35,36,37,38). The van der Waals surface area contributed by atoms with E-state index in [0.29, 0.717) is 24.3 Å². The molecule has 0 spiro atoms. The zero-order chi connectivity index (χ0) is 28.8. The summed E-state index contributed by atoms with van der Waals surface area (Å²) < 4.78 is 65.2. The first-order chi connectivity index (χ1) is 19.2. The van der Waals surface area contributed by atoms with Crippen molar-refractivity contribution >= 4 is 17.1 Å². The van der Waals surface area contributed by atoms with Crippen molar-refractivity contribution in [2.75, 3.05) is 6.61 Å². The highest BCUT2D eigenvalue weighted by Gasteiger charge is 2.60. The topological polar surface area (TPSA) is 92.8 Å². The monoisotopic (exact) mass is 555 g/mol. The molecule has 40 heavy (non-hydrogen) atoms. The van der Waals surface area contributed by atoms with Crippen molar-refractivity contribution in [2.24, 2.45) is 0 Å². The lowest BCUT2D eigenvalue weighted by atomic mass is 9.76. The van der Waals surface area contributed by atoms with Crippen LogP contribution in [0.5, 0.6) is 5.75 Å². The number of alkyl halides is 3. The molecule has 2 N–H and O–H groups in total. The molecule has 1 atom stereocenters. The highest BCUT2D eigenvalue weighted by molar-refractivity contribution is 6.27. The normalized spacial score (nSPS) is 17.3. The minimum Gasteiger partial charge on any atom is -0.494 e. The van der Waals surface area contributed by atoms with Crippen molar-refractivity contribution in [3.63, 3.8) is 0 Å². The summed E-state index contributed by atoms with van der Waals surface area (Å²) in [7, 11) is 0. The smallest absolute Gasteiger partial charge is 0.416 e. The molecule has 0 aliphatic carbocycles. The number of amides is 1. The highest BCUT2D eigenvalue weighted by Crippen LogP contribution is 2.49. The van der Waals surface area contributed by atoms with Gasteiger partial charge in [-0.3, -0.25) is 4.79 Å². The number of aromatic amines is 1. The summed E-state index contributed by atoms with van der Waals surface area (Å²) in [5.41, 5.74) is -3.18. The fraction of sp³-hybridized carbons (Fsp3) is 0.379. The van der Waals surface area contributed by atoms with Crippen LogP contribution in [0.4, 0.5) is 17.6 Å². The number of aromatic nitrogens is 4. The Labute approximate surface area is 229 Å². The van der Waals surface area contributed by atoms with E-state index in [1.807, 2.05) is 0 Å². The van der Waals surface area contributed by atoms with Crippen molar-refractivity contribution in [1.29, 1.82) is 0 Å². The summed E-state index contributed by atoms with van der Waals surface area (Å²) in [5.74, 6) is 4.00. The third kappa shape index (κ3) is 6.01. The Morgan fingerprint density at radius 2 is 1.85 bits per heavy atom. The molecule has 1 aliphatic rings. The fourth-order valence-electron chi connectivity index (χ4n) is 4.65. The van der Waals surface area contributed by atoms with Gasteiger partial charge in [0.2, 0.25) is 5.82 Å². The Morgan fingerprint density at radius 3 is 2.48 bits per heavy atom. The fourth-order valence-corrected chi connectivity index (χ4v) is 4.65. The van der Waals surface area contributed by atoms with Crippen LogP contribution in [-0.2, 0) is 10.3 Å². The van der Waals surface area contributed by atoms with Crippen molar-refractivity contribution in [1.82, 2.24) is 25.9 Å². The molecule has 1 amide bonds. The van der Waals surface area contributed by atoms with Gasteiger partial charge < -0.3 is 10.1 Å². The maximum Gasteiger partial charge on any atom is 0.416 e. The van der Waals surface area contributed by atoms with Gasteiger partial charge in [0.25, 0.3) is 5.91 Å². The zero-order valence-electron chi connectivity index (χ0n) is 22.2. The van der Waals surface area contributed by atoms with E-state index in [1.54, 1.807) is 31.2 Å². The molecule has 210 valence electrons. The molecule has 0 bridgehead atoms. The number of nitrogens with one attached hydrogen (secondary N) is 2. The van der Waals surface area contributed by atoms with Crippen LogP contribution in [0.15, 0.2) is 42.5 Å². The van der Waals surface area contributed by atoms with Gasteiger partial charge in [-0.15, -0.1) is 10.2 Å². The van der Waals surface area contributed by atoms with Gasteiger partial charge in [-0.05, 0) is 59.5 Å². The maximum absolute atomic E-state index is 15.1. The average Bonchev–Trinajstić information content (AvgIpc) is 3.45. The second-order valence-electron chi connectivity index (χ2n) is 9.39. The lowest BCUT2D eigenvalue weighted by Gasteiger charge is -2.41. The van der Waals surface area contributed by atoms with Crippen LogP contribution in [0.1, 0.15) is 74.9 Å². The molecule has 0 saturated carbocycles. The van der Waals surface area contributed by atoms with E-state index >= 15 is 4.39 Å². The van der Waals surface area contributed by atoms with Crippen LogP contribution in [-0.4, -0.2) is 39.3 Å². The number of benzene rings is 2. The highest BCUT2D eigenvalue weighted by atomic mass is 19.4. The third-order valence-electron chi connectivity index (χ3n) is 6.70. The van der Waals surface area contributed by atoms with E-state index in [-0.39, 0.29) is 22.5 Å². The van der Waals surface area contributed by atoms with Crippen LogP contribution in [0, 0.1) is 17.7 Å². The molecule has 3 aromatic rings. The molecule has 4 rings (SSSR count). The van der Waals surface area contributed by atoms with Crippen molar-refractivity contribution in [2.45, 2.75) is 64.1 Å². The number of nitrogens with zero attached hydrogens (tertiary/aromatic N) is 3. The molecule has 1 aromatic heterocycles. The molecule has 7 nitrogen and oxygen atoms in total. The number of tetrazole rings is 1. The number of halogens is 4. The molecule has 0 radical (unpaired) electrons. The van der Waals surface area contributed by atoms with E-state index in [4.69, 9.17) is 4.74 Å². The SMILES string of the molecule is CCCCCCC#Cc1ccc(C2(C(F)(F)F)CC(c3ccc(OCC)cc3)=C(c3nn[nH]n3)C(=O)N2)cc1F. The van der Waals surface area contributed by atoms with Crippen LogP contribution in [0.3, 0.4) is 0 Å². The van der Waals surface area contributed by atoms with E-state index in [2.05, 4.69) is 44.7 Å². The molecular weight excluding hydrogens is 526 g/mol. The summed E-state index contributed by atoms with van der Waals surface area (Å²) in [6.45, 7) is 4.30. The van der Waals surface area contributed by atoms with Crippen LogP contribution in [0.2, 0.25) is 0 Å². The second-order valence-corrected chi connectivity index (χ2v) is 9.39. The second kappa shape index (κ2) is 12.3. The number of hydrogen-bond donors (Lipinski definition) is 2. The van der Waals surface area contributed by atoms with Crippen LogP contribution < -0.4 is 10.1 Å². The first-order valence-electron chi connectivity index (χ1n) is 13.1. The van der Waals surface area contributed by atoms with Gasteiger partial charge in [0, 0.05) is 12.8 Å². The molecule has 2 heterocycles. The number of hydrogen-bond acceptors (Lipinski definition) is 5. The van der Waals surface area contributed by atoms with Gasteiger partial charge in [-0.1, -0.05) is 56.2 Å². The molecule has 0 fully saturated rings. The molecule has 11 heteroatoms. The third-order valence-corrected chi connectivity index (χ3v) is 6.70. The number of rotatable bonds is 9. The number of carbonyl (C=O) groups is 1. The number of H-pyrrole nitrogens is 1. The van der Waals surface area contributed by atoms with Crippen LogP contribution in [0.25, 0.3) is 11.1 Å². The van der Waals surface area contributed by atoms with Crippen LogP contribution >= 0.6 is 0 Å². The minimum atomic E-state index is -4.99. The lowest BCUT2D eigenvalue weighted by molar-refractivity contribution is -0.201. The molecule has 0 saturated heterocycles. The number of carbonyl (C=O) groups excluding carboxylic acids is 1. The molecule has 1 aliphatic heterocycles. The lowest BCUT2D eigenvalue weighted by Crippen LogP contribution is -2.58. The zero-order valence-corrected chi connectivity index (χ0v) is 22.2. The van der Waals surface area contributed by atoms with Gasteiger partial charge in [-0.25, -0.2) is 4.39 Å². The van der Waals surface area contributed by atoms with E-state index < -0.39 is 35.4 Å². The first-order valence-corrected chi connectivity index (χ1v) is 13.1. The summed E-state index contributed by atoms with van der Waals surface area (Å²) in [4.78, 5) is 13.4. The molecular formula is C29H29F4N5O2. The van der Waals surface area contributed by atoms with E-state index in [1.165, 1.54) is 6.07 Å². The van der Waals surface area contributed by atoms with Gasteiger partial charge in [0.05, 0.1) is 17.7 Å². The van der Waals surface area contributed by atoms with Gasteiger partial charge in [-0.2, -0.15) is 18.4 Å². The minimum absolute atomic E-state index is 0.00605. The predicted octanol–water partition coefficient (Wildman–Crippen LogP) is 5.95. The number of unbranched alkanes of at least 4 members (excludes halogenated alkanes) is 4. The number of ether oxygens (including phenoxy) is 1. The summed E-state index contributed by atoms with van der Waals surface area (Å²) in [5, 5.41) is 15.4. The quantitative estimate of drug-likeness (QED) is 0.194. The Hall–Kier alpha value is -4.20. The maximum atomic E-state index is 15.1. The average molecular weight is 556 g/mol. The molecule has 2 aromatic carbocycles. The predicted molar refractivity (Wildman–Crippen MR) is 141 cm³/mol. The summed E-state index contributed by atoms with van der Waals surface area (Å²) >= 11 is 0. The Balaban J connectivity index is 1.77. The van der Waals surface area contributed by atoms with Crippen molar-refractivity contribution < 1.29 is 27.1 Å². The molecule has 1 unspecified atom stereocenters. The van der Waals surface area contributed by atoms with Crippen molar-refractivity contribution in [3.05, 3.63) is 70.8 Å². The summed E-state index contributed by atoms with van der Waals surface area (Å²) in [6.07, 6.45) is -1.12. The summed E-state index contributed by atoms with van der Waals surface area (Å²) in [6, 6.07) is 9.48. The van der Waals surface area contributed by atoms with Gasteiger partial charge in [0.1, 0.15) is 11.6 Å². The van der Waals surface area contributed by atoms with Gasteiger partial charge in [0.15, 0.2) is 5.54 Å². The van der Waals surface area contributed by atoms with E-state index in [0.717, 1.165) is 37.8 Å². The van der Waals surface area contributed by atoms with Gasteiger partial charge >= 0.3 is 6.18 Å². The first kappa shape index (κ1) is 28.8. The van der Waals surface area contributed by atoms with Crippen molar-refractivity contribution in [3.8, 4) is 17.6 Å². The Morgan fingerprint density at radius 1 is 1.07 bits per heavy atom. The van der Waals surface area contributed by atoms with E-state index in [9.17, 15) is 18.0 Å². The Bertz CT molecular complexity index is 1420. The Kier molecular flexibility index (Phi) is 8.87.